The van der Waals surface area contributed by atoms with Crippen molar-refractivity contribution in [2.45, 2.75) is 13.0 Å². The van der Waals surface area contributed by atoms with Gasteiger partial charge < -0.3 is 14.5 Å². The maximum Gasteiger partial charge on any atom is 0.254 e. The Morgan fingerprint density at radius 3 is 2.55 bits per heavy atom. The van der Waals surface area contributed by atoms with Gasteiger partial charge in [0.25, 0.3) is 5.91 Å². The lowest BCUT2D eigenvalue weighted by molar-refractivity contribution is 0.0673. The summed E-state index contributed by atoms with van der Waals surface area (Å²) in [6.07, 6.45) is 1.35. The monoisotopic (exact) mass is 444 g/mol. The van der Waals surface area contributed by atoms with Crippen LogP contribution in [0.5, 0.6) is 11.6 Å². The van der Waals surface area contributed by atoms with Gasteiger partial charge in [-0.1, -0.05) is 11.6 Å². The van der Waals surface area contributed by atoms with Gasteiger partial charge in [0.15, 0.2) is 11.6 Å². The molecule has 1 saturated heterocycles. The van der Waals surface area contributed by atoms with E-state index in [1.165, 1.54) is 12.4 Å². The number of piperazine rings is 1. The SMILES string of the molecule is CC1CN(c2cc(Oc3ccc(F)c(F)c3)ncn2)CCN1C(=O)c1ccc(Cl)cc1. The summed E-state index contributed by atoms with van der Waals surface area (Å²) >= 11 is 5.91. The Morgan fingerprint density at radius 2 is 1.84 bits per heavy atom. The van der Waals surface area contributed by atoms with E-state index in [4.69, 9.17) is 16.3 Å². The van der Waals surface area contributed by atoms with Crippen LogP contribution in [0.1, 0.15) is 17.3 Å². The van der Waals surface area contributed by atoms with Crippen LogP contribution in [-0.4, -0.2) is 46.5 Å². The number of halogens is 3. The van der Waals surface area contributed by atoms with Gasteiger partial charge in [-0.3, -0.25) is 4.79 Å². The Morgan fingerprint density at radius 1 is 1.06 bits per heavy atom. The molecule has 0 N–H and O–H groups in total. The second-order valence-corrected chi connectivity index (χ2v) is 7.63. The van der Waals surface area contributed by atoms with E-state index in [-0.39, 0.29) is 23.6 Å². The van der Waals surface area contributed by atoms with E-state index >= 15 is 0 Å². The third kappa shape index (κ3) is 4.74. The van der Waals surface area contributed by atoms with Crippen molar-refractivity contribution in [3.8, 4) is 11.6 Å². The first-order chi connectivity index (χ1) is 14.9. The van der Waals surface area contributed by atoms with Crippen molar-refractivity contribution in [1.29, 1.82) is 0 Å². The first-order valence-electron chi connectivity index (χ1n) is 9.67. The minimum atomic E-state index is -0.998. The highest BCUT2D eigenvalue weighted by Gasteiger charge is 2.29. The molecule has 0 aliphatic carbocycles. The van der Waals surface area contributed by atoms with Crippen LogP contribution in [-0.2, 0) is 0 Å². The van der Waals surface area contributed by atoms with Gasteiger partial charge in [-0.05, 0) is 43.3 Å². The van der Waals surface area contributed by atoms with Crippen molar-refractivity contribution in [3.05, 3.63) is 77.1 Å². The van der Waals surface area contributed by atoms with Gasteiger partial charge in [-0.2, -0.15) is 0 Å². The summed E-state index contributed by atoms with van der Waals surface area (Å²) in [4.78, 5) is 25.0. The smallest absolute Gasteiger partial charge is 0.254 e. The number of aromatic nitrogens is 2. The molecule has 1 amide bonds. The van der Waals surface area contributed by atoms with E-state index in [0.29, 0.717) is 36.0 Å². The molecule has 1 fully saturated rings. The Bertz CT molecular complexity index is 1100. The number of benzene rings is 2. The fraction of sp³-hybridized carbons (Fsp3) is 0.227. The Hall–Kier alpha value is -3.26. The van der Waals surface area contributed by atoms with Crippen LogP contribution in [0.3, 0.4) is 0 Å². The van der Waals surface area contributed by atoms with Crippen LogP contribution in [0, 0.1) is 11.6 Å². The lowest BCUT2D eigenvalue weighted by atomic mass is 10.1. The van der Waals surface area contributed by atoms with Crippen molar-refractivity contribution < 1.29 is 18.3 Å². The van der Waals surface area contributed by atoms with Gasteiger partial charge >= 0.3 is 0 Å². The van der Waals surface area contributed by atoms with Gasteiger partial charge in [-0.25, -0.2) is 18.7 Å². The van der Waals surface area contributed by atoms with Crippen LogP contribution < -0.4 is 9.64 Å². The van der Waals surface area contributed by atoms with Crippen molar-refractivity contribution in [3.63, 3.8) is 0 Å². The molecule has 0 saturated carbocycles. The van der Waals surface area contributed by atoms with Gasteiger partial charge in [0.1, 0.15) is 17.9 Å². The fourth-order valence-electron chi connectivity index (χ4n) is 3.45. The van der Waals surface area contributed by atoms with Crippen LogP contribution in [0.15, 0.2) is 54.9 Å². The van der Waals surface area contributed by atoms with Crippen molar-refractivity contribution in [1.82, 2.24) is 14.9 Å². The molecule has 1 aliphatic rings. The number of hydrogen-bond acceptors (Lipinski definition) is 5. The molecule has 1 atom stereocenters. The van der Waals surface area contributed by atoms with E-state index in [1.807, 2.05) is 16.7 Å². The maximum atomic E-state index is 13.4. The highest BCUT2D eigenvalue weighted by atomic mass is 35.5. The second-order valence-electron chi connectivity index (χ2n) is 7.19. The topological polar surface area (TPSA) is 58.6 Å². The number of carbonyl (C=O) groups excluding carboxylic acids is 1. The molecule has 31 heavy (non-hydrogen) atoms. The summed E-state index contributed by atoms with van der Waals surface area (Å²) in [5, 5.41) is 0.583. The average molecular weight is 445 g/mol. The Balaban J connectivity index is 1.44. The van der Waals surface area contributed by atoms with E-state index < -0.39 is 11.6 Å². The predicted molar refractivity (Wildman–Crippen MR) is 113 cm³/mol. The Kier molecular flexibility index (Phi) is 5.99. The highest BCUT2D eigenvalue weighted by molar-refractivity contribution is 6.30. The van der Waals surface area contributed by atoms with E-state index in [2.05, 4.69) is 9.97 Å². The van der Waals surface area contributed by atoms with Crippen molar-refractivity contribution in [2.75, 3.05) is 24.5 Å². The first-order valence-corrected chi connectivity index (χ1v) is 10.0. The third-order valence-corrected chi connectivity index (χ3v) is 5.30. The molecular formula is C22H19ClF2N4O2. The second kappa shape index (κ2) is 8.85. The minimum absolute atomic E-state index is 0.0473. The fourth-order valence-corrected chi connectivity index (χ4v) is 3.57. The van der Waals surface area contributed by atoms with E-state index in [0.717, 1.165) is 12.1 Å². The molecule has 1 aliphatic heterocycles. The molecule has 0 bridgehead atoms. The molecule has 3 aromatic rings. The molecule has 9 heteroatoms. The molecular weight excluding hydrogens is 426 g/mol. The van der Waals surface area contributed by atoms with Crippen LogP contribution >= 0.6 is 11.6 Å². The summed E-state index contributed by atoms with van der Waals surface area (Å²) in [5.74, 6) is -1.02. The zero-order valence-corrected chi connectivity index (χ0v) is 17.4. The summed E-state index contributed by atoms with van der Waals surface area (Å²) in [6.45, 7) is 3.64. The molecule has 1 unspecified atom stereocenters. The first kappa shape index (κ1) is 21.0. The lowest BCUT2D eigenvalue weighted by Crippen LogP contribution is -2.54. The molecule has 6 nitrogen and oxygen atoms in total. The summed E-state index contributed by atoms with van der Waals surface area (Å²) < 4.78 is 32.0. The van der Waals surface area contributed by atoms with Crippen molar-refractivity contribution in [2.24, 2.45) is 0 Å². The van der Waals surface area contributed by atoms with Gasteiger partial charge in [0.05, 0.1) is 0 Å². The number of rotatable bonds is 4. The lowest BCUT2D eigenvalue weighted by Gasteiger charge is -2.40. The minimum Gasteiger partial charge on any atom is -0.439 e. The number of hydrogen-bond donors (Lipinski definition) is 0. The average Bonchev–Trinajstić information content (AvgIpc) is 2.76. The van der Waals surface area contributed by atoms with Gasteiger partial charge in [0, 0.05) is 48.4 Å². The quantitative estimate of drug-likeness (QED) is 0.590. The Labute approximate surface area is 183 Å². The van der Waals surface area contributed by atoms with E-state index in [9.17, 15) is 13.6 Å². The third-order valence-electron chi connectivity index (χ3n) is 5.04. The van der Waals surface area contributed by atoms with E-state index in [1.54, 1.807) is 30.3 Å². The molecule has 1 aromatic heterocycles. The molecule has 4 rings (SSSR count). The number of ether oxygens (including phenoxy) is 1. The van der Waals surface area contributed by atoms with Gasteiger partial charge in [-0.15, -0.1) is 0 Å². The zero-order valence-electron chi connectivity index (χ0n) is 16.6. The standard InChI is InChI=1S/C22H19ClF2N4O2/c1-14-12-28(8-9-29(14)22(30)15-2-4-16(23)5-3-15)20-11-21(27-13-26-20)31-17-6-7-18(24)19(25)10-17/h2-7,10-11,13-14H,8-9,12H2,1H3. The van der Waals surface area contributed by atoms with Crippen LogP contribution in [0.25, 0.3) is 0 Å². The van der Waals surface area contributed by atoms with Crippen molar-refractivity contribution >= 4 is 23.3 Å². The number of amides is 1. The van der Waals surface area contributed by atoms with Crippen LogP contribution in [0.2, 0.25) is 5.02 Å². The summed E-state index contributed by atoms with van der Waals surface area (Å²) in [7, 11) is 0. The largest absolute Gasteiger partial charge is 0.439 e. The number of nitrogens with zero attached hydrogens (tertiary/aromatic N) is 4. The summed E-state index contributed by atoms with van der Waals surface area (Å²) in [5.41, 5.74) is 0.592. The molecule has 0 spiro atoms. The molecule has 2 heterocycles. The molecule has 160 valence electrons. The normalized spacial score (nSPS) is 16.3. The molecule has 0 radical (unpaired) electrons. The molecule has 2 aromatic carbocycles. The highest BCUT2D eigenvalue weighted by Crippen LogP contribution is 2.25. The van der Waals surface area contributed by atoms with Crippen LogP contribution in [0.4, 0.5) is 14.6 Å². The summed E-state index contributed by atoms with van der Waals surface area (Å²) in [6, 6.07) is 11.7. The number of anilines is 1. The zero-order chi connectivity index (χ0) is 22.0. The number of carbonyl (C=O) groups is 1. The maximum absolute atomic E-state index is 13.4. The predicted octanol–water partition coefficient (Wildman–Crippen LogP) is 4.55. The van der Waals surface area contributed by atoms with Gasteiger partial charge in [0.2, 0.25) is 5.88 Å².